The molecule has 0 aromatic heterocycles. The Labute approximate surface area is 75.6 Å². The van der Waals surface area contributed by atoms with Crippen LogP contribution in [0, 0.1) is 0 Å². The Morgan fingerprint density at radius 3 is 2.08 bits per heavy atom. The predicted octanol–water partition coefficient (Wildman–Crippen LogP) is 2.64. The second-order valence-electron chi connectivity index (χ2n) is 2.01. The SMILES string of the molecule is FC(F)(F)c1cccc(Br)c1.O. The summed E-state index contributed by atoms with van der Waals surface area (Å²) in [6, 6.07) is 4.98. The van der Waals surface area contributed by atoms with Crippen molar-refractivity contribution in [2.45, 2.75) is 6.18 Å². The molecular weight excluding hydrogens is 237 g/mol. The van der Waals surface area contributed by atoms with E-state index in [0.717, 1.165) is 12.1 Å². The molecule has 1 rings (SSSR count). The number of rotatable bonds is 0. The lowest BCUT2D eigenvalue weighted by molar-refractivity contribution is -0.137. The third-order valence-electron chi connectivity index (χ3n) is 1.15. The zero-order valence-corrected chi connectivity index (χ0v) is 7.41. The average Bonchev–Trinajstić information content (AvgIpc) is 1.86. The van der Waals surface area contributed by atoms with Crippen LogP contribution in [0.1, 0.15) is 5.56 Å². The normalized spacial score (nSPS) is 10.7. The van der Waals surface area contributed by atoms with Gasteiger partial charge in [-0.2, -0.15) is 13.2 Å². The Kier molecular flexibility index (Phi) is 3.73. The van der Waals surface area contributed by atoms with Crippen molar-refractivity contribution >= 4 is 15.9 Å². The van der Waals surface area contributed by atoms with Crippen molar-refractivity contribution in [2.24, 2.45) is 0 Å². The number of hydrogen-bond acceptors (Lipinski definition) is 0. The van der Waals surface area contributed by atoms with E-state index >= 15 is 0 Å². The van der Waals surface area contributed by atoms with E-state index in [1.807, 2.05) is 0 Å². The second-order valence-corrected chi connectivity index (χ2v) is 2.92. The van der Waals surface area contributed by atoms with Crippen LogP contribution in [0.15, 0.2) is 28.7 Å². The van der Waals surface area contributed by atoms with Gasteiger partial charge in [-0.05, 0) is 18.2 Å². The van der Waals surface area contributed by atoms with Gasteiger partial charge in [-0.25, -0.2) is 0 Å². The summed E-state index contributed by atoms with van der Waals surface area (Å²) in [6.45, 7) is 0. The number of alkyl halides is 3. The molecule has 0 aliphatic heterocycles. The zero-order valence-electron chi connectivity index (χ0n) is 5.82. The van der Waals surface area contributed by atoms with E-state index in [1.54, 1.807) is 6.07 Å². The number of benzene rings is 1. The van der Waals surface area contributed by atoms with Gasteiger partial charge in [-0.3, -0.25) is 0 Å². The summed E-state index contributed by atoms with van der Waals surface area (Å²) in [5, 5.41) is 0. The smallest absolute Gasteiger partial charge is 0.412 e. The van der Waals surface area contributed by atoms with Crippen LogP contribution in [0.3, 0.4) is 0 Å². The van der Waals surface area contributed by atoms with Crippen LogP contribution in [0.25, 0.3) is 0 Å². The molecule has 0 aliphatic rings. The molecule has 5 heteroatoms. The molecule has 0 amide bonds. The molecule has 0 heterocycles. The standard InChI is InChI=1S/C7H4BrF3.H2O/c8-6-3-1-2-5(4-6)7(9,10)11;/h1-4H;1H2. The van der Waals surface area contributed by atoms with Crippen LogP contribution >= 0.6 is 15.9 Å². The van der Waals surface area contributed by atoms with E-state index in [1.165, 1.54) is 6.07 Å². The summed E-state index contributed by atoms with van der Waals surface area (Å²) in [7, 11) is 0. The van der Waals surface area contributed by atoms with Gasteiger partial charge in [-0.1, -0.05) is 22.0 Å². The topological polar surface area (TPSA) is 31.5 Å². The van der Waals surface area contributed by atoms with Crippen LogP contribution in [0.2, 0.25) is 0 Å². The summed E-state index contributed by atoms with van der Waals surface area (Å²) in [5.74, 6) is 0. The molecule has 0 radical (unpaired) electrons. The highest BCUT2D eigenvalue weighted by Gasteiger charge is 2.30. The molecule has 0 spiro atoms. The molecule has 1 nitrogen and oxygen atoms in total. The molecule has 0 bridgehead atoms. The second kappa shape index (κ2) is 3.91. The third kappa shape index (κ3) is 2.83. The Morgan fingerprint density at radius 2 is 1.75 bits per heavy atom. The summed E-state index contributed by atoms with van der Waals surface area (Å²) in [4.78, 5) is 0. The van der Waals surface area contributed by atoms with Crippen LogP contribution in [0.5, 0.6) is 0 Å². The fraction of sp³-hybridized carbons (Fsp3) is 0.143. The van der Waals surface area contributed by atoms with Gasteiger partial charge in [0.1, 0.15) is 0 Å². The van der Waals surface area contributed by atoms with Gasteiger partial charge in [0.05, 0.1) is 5.56 Å². The minimum absolute atomic E-state index is 0. The average molecular weight is 243 g/mol. The van der Waals surface area contributed by atoms with E-state index in [9.17, 15) is 13.2 Å². The van der Waals surface area contributed by atoms with E-state index < -0.39 is 11.7 Å². The Morgan fingerprint density at radius 1 is 1.17 bits per heavy atom. The van der Waals surface area contributed by atoms with Crippen molar-refractivity contribution in [3.05, 3.63) is 34.3 Å². The van der Waals surface area contributed by atoms with E-state index in [2.05, 4.69) is 15.9 Å². The van der Waals surface area contributed by atoms with Crippen molar-refractivity contribution in [2.75, 3.05) is 0 Å². The van der Waals surface area contributed by atoms with Crippen LogP contribution in [-0.4, -0.2) is 5.48 Å². The van der Waals surface area contributed by atoms with Gasteiger partial charge in [0.15, 0.2) is 0 Å². The number of hydrogen-bond donors (Lipinski definition) is 0. The molecule has 0 aliphatic carbocycles. The first-order valence-corrected chi connectivity index (χ1v) is 3.62. The van der Waals surface area contributed by atoms with E-state index in [0.29, 0.717) is 4.47 Å². The van der Waals surface area contributed by atoms with Gasteiger partial charge in [0.2, 0.25) is 0 Å². The molecule has 2 N–H and O–H groups in total. The van der Waals surface area contributed by atoms with Gasteiger partial charge in [0, 0.05) is 4.47 Å². The minimum atomic E-state index is -4.25. The Balaban J connectivity index is 0.00000121. The quantitative estimate of drug-likeness (QED) is 0.670. The predicted molar refractivity (Wildman–Crippen MR) is 42.8 cm³/mol. The first-order valence-electron chi connectivity index (χ1n) is 2.83. The highest BCUT2D eigenvalue weighted by atomic mass is 79.9. The Hall–Kier alpha value is -0.550. The maximum atomic E-state index is 11.9. The molecular formula is C7H6BrF3O. The van der Waals surface area contributed by atoms with Gasteiger partial charge in [0.25, 0.3) is 0 Å². The summed E-state index contributed by atoms with van der Waals surface area (Å²) < 4.78 is 36.3. The Bertz CT molecular complexity index is 259. The van der Waals surface area contributed by atoms with Crippen molar-refractivity contribution in [3.63, 3.8) is 0 Å². The first-order chi connectivity index (χ1) is 5.00. The lowest BCUT2D eigenvalue weighted by Crippen LogP contribution is -2.03. The van der Waals surface area contributed by atoms with E-state index in [-0.39, 0.29) is 5.48 Å². The minimum Gasteiger partial charge on any atom is -0.412 e. The van der Waals surface area contributed by atoms with Crippen molar-refractivity contribution in [1.29, 1.82) is 0 Å². The largest absolute Gasteiger partial charge is 0.416 e. The maximum absolute atomic E-state index is 11.9. The van der Waals surface area contributed by atoms with Crippen LogP contribution in [0.4, 0.5) is 13.2 Å². The van der Waals surface area contributed by atoms with Crippen molar-refractivity contribution < 1.29 is 18.6 Å². The first kappa shape index (κ1) is 11.4. The van der Waals surface area contributed by atoms with Crippen LogP contribution < -0.4 is 0 Å². The maximum Gasteiger partial charge on any atom is 0.416 e. The lowest BCUT2D eigenvalue weighted by atomic mass is 10.2. The lowest BCUT2D eigenvalue weighted by Gasteiger charge is -2.05. The summed E-state index contributed by atoms with van der Waals surface area (Å²) >= 11 is 2.95. The fourth-order valence-electron chi connectivity index (χ4n) is 0.665. The molecule has 0 unspecified atom stereocenters. The molecule has 0 saturated heterocycles. The van der Waals surface area contributed by atoms with Gasteiger partial charge >= 0.3 is 6.18 Å². The molecule has 0 atom stereocenters. The molecule has 0 fully saturated rings. The highest BCUT2D eigenvalue weighted by Crippen LogP contribution is 2.30. The third-order valence-corrected chi connectivity index (χ3v) is 1.65. The summed E-state index contributed by atoms with van der Waals surface area (Å²) in [5.41, 5.74) is -0.633. The van der Waals surface area contributed by atoms with E-state index in [4.69, 9.17) is 0 Å². The fourth-order valence-corrected chi connectivity index (χ4v) is 1.06. The number of halogens is 4. The summed E-state index contributed by atoms with van der Waals surface area (Å²) in [6.07, 6.45) is -4.25. The van der Waals surface area contributed by atoms with Crippen molar-refractivity contribution in [1.82, 2.24) is 0 Å². The monoisotopic (exact) mass is 242 g/mol. The zero-order chi connectivity index (χ0) is 8.48. The highest BCUT2D eigenvalue weighted by molar-refractivity contribution is 9.10. The molecule has 1 aromatic carbocycles. The molecule has 12 heavy (non-hydrogen) atoms. The van der Waals surface area contributed by atoms with Crippen LogP contribution in [-0.2, 0) is 6.18 Å². The van der Waals surface area contributed by atoms with Crippen molar-refractivity contribution in [3.8, 4) is 0 Å². The van der Waals surface area contributed by atoms with Gasteiger partial charge in [-0.15, -0.1) is 0 Å². The molecule has 68 valence electrons. The molecule has 0 saturated carbocycles. The van der Waals surface area contributed by atoms with Gasteiger partial charge < -0.3 is 5.48 Å². The molecule has 1 aromatic rings.